The van der Waals surface area contributed by atoms with Crippen molar-refractivity contribution in [1.29, 1.82) is 5.26 Å². The van der Waals surface area contributed by atoms with Crippen LogP contribution in [0.5, 0.6) is 0 Å². The average molecular weight is 142 g/mol. The zero-order valence-electron chi connectivity index (χ0n) is 6.70. The van der Waals surface area contributed by atoms with Crippen LogP contribution < -0.4 is 0 Å². The monoisotopic (exact) mass is 142 g/mol. The standard InChI is InChI=1S/C7H14N2O/c1-4-6(5-8)7(10)9(2)3/h6-7,10H,4H2,1-3H3/t6-,7-/m1/s1. The quantitative estimate of drug-likeness (QED) is 0.581. The number of hydrogen-bond donors (Lipinski definition) is 1. The average Bonchev–Trinajstić information content (AvgIpc) is 1.90. The lowest BCUT2D eigenvalue weighted by Crippen LogP contribution is -2.33. The molecule has 10 heavy (non-hydrogen) atoms. The zero-order chi connectivity index (χ0) is 8.15. The van der Waals surface area contributed by atoms with Crippen molar-refractivity contribution >= 4 is 0 Å². The van der Waals surface area contributed by atoms with Crippen molar-refractivity contribution in [3.05, 3.63) is 0 Å². The molecule has 58 valence electrons. The summed E-state index contributed by atoms with van der Waals surface area (Å²) in [7, 11) is 3.51. The van der Waals surface area contributed by atoms with Crippen molar-refractivity contribution in [3.63, 3.8) is 0 Å². The van der Waals surface area contributed by atoms with Crippen LogP contribution in [0.1, 0.15) is 13.3 Å². The van der Waals surface area contributed by atoms with Crippen molar-refractivity contribution in [2.24, 2.45) is 5.92 Å². The van der Waals surface area contributed by atoms with Crippen LogP contribution in [0, 0.1) is 17.2 Å². The molecule has 0 aliphatic carbocycles. The molecule has 0 rings (SSSR count). The summed E-state index contributed by atoms with van der Waals surface area (Å²) in [5.74, 6) is -0.269. The topological polar surface area (TPSA) is 47.3 Å². The molecule has 0 aromatic carbocycles. The van der Waals surface area contributed by atoms with E-state index in [4.69, 9.17) is 5.26 Å². The third kappa shape index (κ3) is 2.34. The fraction of sp³-hybridized carbons (Fsp3) is 0.857. The Bertz CT molecular complexity index is 128. The van der Waals surface area contributed by atoms with E-state index < -0.39 is 6.23 Å². The van der Waals surface area contributed by atoms with Gasteiger partial charge in [-0.3, -0.25) is 4.90 Å². The summed E-state index contributed by atoms with van der Waals surface area (Å²) in [5.41, 5.74) is 0. The fourth-order valence-corrected chi connectivity index (χ4v) is 0.729. The first-order valence-electron chi connectivity index (χ1n) is 3.37. The van der Waals surface area contributed by atoms with E-state index in [2.05, 4.69) is 0 Å². The highest BCUT2D eigenvalue weighted by atomic mass is 16.3. The first kappa shape index (κ1) is 9.41. The lowest BCUT2D eigenvalue weighted by atomic mass is 10.1. The Morgan fingerprint density at radius 2 is 2.10 bits per heavy atom. The number of rotatable bonds is 3. The minimum atomic E-state index is -0.630. The van der Waals surface area contributed by atoms with E-state index in [0.717, 1.165) is 0 Å². The van der Waals surface area contributed by atoms with Crippen molar-refractivity contribution in [2.45, 2.75) is 19.6 Å². The van der Waals surface area contributed by atoms with Crippen LogP contribution in [0.25, 0.3) is 0 Å². The Balaban J connectivity index is 3.92. The highest BCUT2D eigenvalue weighted by Gasteiger charge is 2.17. The second kappa shape index (κ2) is 4.26. The molecule has 0 aromatic rings. The third-order valence-electron chi connectivity index (χ3n) is 1.49. The maximum atomic E-state index is 9.29. The van der Waals surface area contributed by atoms with Crippen LogP contribution in [-0.2, 0) is 0 Å². The van der Waals surface area contributed by atoms with E-state index in [1.165, 1.54) is 0 Å². The van der Waals surface area contributed by atoms with Gasteiger partial charge in [-0.2, -0.15) is 5.26 Å². The van der Waals surface area contributed by atoms with E-state index in [-0.39, 0.29) is 5.92 Å². The Morgan fingerprint density at radius 1 is 1.60 bits per heavy atom. The molecule has 0 bridgehead atoms. The summed E-state index contributed by atoms with van der Waals surface area (Å²) in [6.45, 7) is 1.89. The lowest BCUT2D eigenvalue weighted by molar-refractivity contribution is 0.00735. The van der Waals surface area contributed by atoms with Gasteiger partial charge in [-0.15, -0.1) is 0 Å². The minimum absolute atomic E-state index is 0.269. The van der Waals surface area contributed by atoms with Crippen LogP contribution in [0.15, 0.2) is 0 Å². The predicted molar refractivity (Wildman–Crippen MR) is 39.1 cm³/mol. The molecule has 0 aliphatic heterocycles. The molecule has 0 aliphatic rings. The Morgan fingerprint density at radius 3 is 2.20 bits per heavy atom. The molecular formula is C7H14N2O. The Hall–Kier alpha value is -0.590. The van der Waals surface area contributed by atoms with Crippen molar-refractivity contribution in [2.75, 3.05) is 14.1 Å². The molecule has 1 N–H and O–H groups in total. The molecule has 2 atom stereocenters. The van der Waals surface area contributed by atoms with Crippen LogP contribution in [-0.4, -0.2) is 30.3 Å². The summed E-state index contributed by atoms with van der Waals surface area (Å²) in [6.07, 6.45) is 0.0607. The molecule has 0 aromatic heterocycles. The Kier molecular flexibility index (Phi) is 4.01. The van der Waals surface area contributed by atoms with Gasteiger partial charge in [0, 0.05) is 0 Å². The first-order chi connectivity index (χ1) is 4.63. The molecule has 3 nitrogen and oxygen atoms in total. The first-order valence-corrected chi connectivity index (χ1v) is 3.37. The predicted octanol–water partition coefficient (Wildman–Crippen LogP) is 0.416. The number of aliphatic hydroxyl groups excluding tert-OH is 1. The highest BCUT2D eigenvalue weighted by molar-refractivity contribution is 4.85. The summed E-state index contributed by atoms with van der Waals surface area (Å²) in [5, 5.41) is 17.8. The van der Waals surface area contributed by atoms with Gasteiger partial charge in [0.05, 0.1) is 12.0 Å². The van der Waals surface area contributed by atoms with Gasteiger partial charge < -0.3 is 5.11 Å². The molecule has 3 heteroatoms. The minimum Gasteiger partial charge on any atom is -0.377 e. The van der Waals surface area contributed by atoms with Crippen LogP contribution in [0.3, 0.4) is 0 Å². The van der Waals surface area contributed by atoms with Gasteiger partial charge in [-0.1, -0.05) is 6.92 Å². The van der Waals surface area contributed by atoms with Gasteiger partial charge in [-0.25, -0.2) is 0 Å². The van der Waals surface area contributed by atoms with Crippen molar-refractivity contribution in [1.82, 2.24) is 4.90 Å². The maximum Gasteiger partial charge on any atom is 0.122 e. The molecule has 0 heterocycles. The van der Waals surface area contributed by atoms with Gasteiger partial charge in [0.1, 0.15) is 6.23 Å². The van der Waals surface area contributed by atoms with E-state index >= 15 is 0 Å². The zero-order valence-corrected chi connectivity index (χ0v) is 6.70. The number of nitriles is 1. The smallest absolute Gasteiger partial charge is 0.122 e. The van der Waals surface area contributed by atoms with Gasteiger partial charge >= 0.3 is 0 Å². The lowest BCUT2D eigenvalue weighted by Gasteiger charge is -2.21. The van der Waals surface area contributed by atoms with Crippen LogP contribution in [0.2, 0.25) is 0 Å². The molecule has 0 radical (unpaired) electrons. The fourth-order valence-electron chi connectivity index (χ4n) is 0.729. The molecule has 0 saturated carbocycles. The molecular weight excluding hydrogens is 128 g/mol. The van der Waals surface area contributed by atoms with Crippen LogP contribution in [0.4, 0.5) is 0 Å². The van der Waals surface area contributed by atoms with Gasteiger partial charge in [-0.05, 0) is 20.5 Å². The van der Waals surface area contributed by atoms with Gasteiger partial charge in [0.2, 0.25) is 0 Å². The molecule has 0 spiro atoms. The summed E-state index contributed by atoms with van der Waals surface area (Å²) in [4.78, 5) is 1.64. The molecule has 0 unspecified atom stereocenters. The number of hydrogen-bond acceptors (Lipinski definition) is 3. The maximum absolute atomic E-state index is 9.29. The van der Waals surface area contributed by atoms with E-state index in [1.807, 2.05) is 13.0 Å². The second-order valence-corrected chi connectivity index (χ2v) is 2.52. The largest absolute Gasteiger partial charge is 0.377 e. The van der Waals surface area contributed by atoms with E-state index in [9.17, 15) is 5.11 Å². The molecule has 0 fully saturated rings. The third-order valence-corrected chi connectivity index (χ3v) is 1.49. The highest BCUT2D eigenvalue weighted by Crippen LogP contribution is 2.08. The summed E-state index contributed by atoms with van der Waals surface area (Å²) in [6, 6.07) is 2.04. The van der Waals surface area contributed by atoms with Crippen molar-refractivity contribution in [3.8, 4) is 6.07 Å². The Labute approximate surface area is 61.9 Å². The number of nitrogens with zero attached hydrogens (tertiary/aromatic N) is 2. The molecule has 0 saturated heterocycles. The summed E-state index contributed by atoms with van der Waals surface area (Å²) < 4.78 is 0. The summed E-state index contributed by atoms with van der Waals surface area (Å²) >= 11 is 0. The van der Waals surface area contributed by atoms with Gasteiger partial charge in [0.15, 0.2) is 0 Å². The van der Waals surface area contributed by atoms with E-state index in [0.29, 0.717) is 6.42 Å². The number of aliphatic hydroxyl groups is 1. The normalized spacial score (nSPS) is 16.4. The SMILES string of the molecule is CC[C@H](C#N)[C@@H](O)N(C)C. The van der Waals surface area contributed by atoms with Gasteiger partial charge in [0.25, 0.3) is 0 Å². The van der Waals surface area contributed by atoms with E-state index in [1.54, 1.807) is 19.0 Å². The molecule has 0 amide bonds. The van der Waals surface area contributed by atoms with Crippen molar-refractivity contribution < 1.29 is 5.11 Å². The second-order valence-electron chi connectivity index (χ2n) is 2.52. The van der Waals surface area contributed by atoms with Crippen LogP contribution >= 0.6 is 0 Å².